The molecule has 0 saturated heterocycles. The van der Waals surface area contributed by atoms with E-state index in [1.54, 1.807) is 11.4 Å². The van der Waals surface area contributed by atoms with Crippen molar-refractivity contribution in [3.63, 3.8) is 0 Å². The van der Waals surface area contributed by atoms with Crippen molar-refractivity contribution >= 4 is 37.3 Å². The second-order valence-corrected chi connectivity index (χ2v) is 7.04. The van der Waals surface area contributed by atoms with E-state index >= 15 is 0 Å². The highest BCUT2D eigenvalue weighted by Crippen LogP contribution is 2.27. The molecule has 0 aliphatic heterocycles. The van der Waals surface area contributed by atoms with E-state index in [0.717, 1.165) is 11.3 Å². The van der Waals surface area contributed by atoms with Gasteiger partial charge in [0.05, 0.1) is 6.10 Å². The van der Waals surface area contributed by atoms with Crippen molar-refractivity contribution in [2.24, 2.45) is 0 Å². The molecular weight excluding hydrogens is 314 g/mol. The molecule has 0 aromatic carbocycles. The highest BCUT2D eigenvalue weighted by molar-refractivity contribution is 9.10. The molecule has 0 radical (unpaired) electrons. The van der Waals surface area contributed by atoms with Crippen LogP contribution >= 0.6 is 27.3 Å². The molecule has 7 heteroatoms. The Hall–Kier alpha value is 0.0500. The lowest BCUT2D eigenvalue weighted by molar-refractivity contribution is 0.162. The van der Waals surface area contributed by atoms with Crippen LogP contribution in [0.1, 0.15) is 19.8 Å². The predicted molar refractivity (Wildman–Crippen MR) is 68.1 cm³/mol. The smallest absolute Gasteiger partial charge is 0.251 e. The van der Waals surface area contributed by atoms with Crippen molar-refractivity contribution in [3.8, 4) is 0 Å². The van der Waals surface area contributed by atoms with Gasteiger partial charge in [0.2, 0.25) is 0 Å². The standard InChI is InChI=1S/C9H14BrNO3S2/c1-2-7(12)3-5-11-16(13,14)9-8(10)4-6-15-9/h4,6-7,11-12H,2-3,5H2,1H3. The first kappa shape index (κ1) is 14.1. The van der Waals surface area contributed by atoms with Crippen molar-refractivity contribution in [3.05, 3.63) is 15.9 Å². The van der Waals surface area contributed by atoms with Gasteiger partial charge in [-0.25, -0.2) is 13.1 Å². The second kappa shape index (κ2) is 6.11. The molecular formula is C9H14BrNO3S2. The van der Waals surface area contributed by atoms with Crippen LogP contribution in [0, 0.1) is 0 Å². The number of sulfonamides is 1. The topological polar surface area (TPSA) is 66.4 Å². The van der Waals surface area contributed by atoms with Gasteiger partial charge in [-0.2, -0.15) is 0 Å². The summed E-state index contributed by atoms with van der Waals surface area (Å²) in [5.41, 5.74) is 0. The fraction of sp³-hybridized carbons (Fsp3) is 0.556. The lowest BCUT2D eigenvalue weighted by Gasteiger charge is -2.08. The molecule has 1 heterocycles. The van der Waals surface area contributed by atoms with E-state index in [1.807, 2.05) is 6.92 Å². The number of rotatable bonds is 6. The van der Waals surface area contributed by atoms with Crippen molar-refractivity contribution in [2.75, 3.05) is 6.54 Å². The molecule has 0 amide bonds. The van der Waals surface area contributed by atoms with E-state index in [0.29, 0.717) is 17.3 Å². The zero-order chi connectivity index (χ0) is 12.2. The first-order valence-corrected chi connectivity index (χ1v) is 8.03. The summed E-state index contributed by atoms with van der Waals surface area (Å²) in [7, 11) is -3.44. The summed E-state index contributed by atoms with van der Waals surface area (Å²) in [6.07, 6.45) is 0.609. The molecule has 1 atom stereocenters. The Morgan fingerprint density at radius 1 is 1.62 bits per heavy atom. The largest absolute Gasteiger partial charge is 0.393 e. The first-order valence-electron chi connectivity index (χ1n) is 4.88. The summed E-state index contributed by atoms with van der Waals surface area (Å²) in [4.78, 5) is 0. The quantitative estimate of drug-likeness (QED) is 0.839. The maximum Gasteiger partial charge on any atom is 0.251 e. The monoisotopic (exact) mass is 327 g/mol. The number of hydrogen-bond donors (Lipinski definition) is 2. The van der Waals surface area contributed by atoms with Crippen LogP contribution in [0.2, 0.25) is 0 Å². The molecule has 0 aliphatic carbocycles. The van der Waals surface area contributed by atoms with Gasteiger partial charge in [0, 0.05) is 11.0 Å². The molecule has 4 nitrogen and oxygen atoms in total. The average Bonchev–Trinajstić information content (AvgIpc) is 2.64. The van der Waals surface area contributed by atoms with E-state index in [9.17, 15) is 13.5 Å². The second-order valence-electron chi connectivity index (χ2n) is 3.30. The van der Waals surface area contributed by atoms with Gasteiger partial charge in [-0.05, 0) is 40.2 Å². The predicted octanol–water partition coefficient (Wildman–Crippen LogP) is 1.95. The van der Waals surface area contributed by atoms with Crippen molar-refractivity contribution in [1.82, 2.24) is 4.72 Å². The van der Waals surface area contributed by atoms with Crippen LogP contribution in [-0.4, -0.2) is 26.2 Å². The zero-order valence-corrected chi connectivity index (χ0v) is 12.0. The van der Waals surface area contributed by atoms with Gasteiger partial charge in [0.1, 0.15) is 4.21 Å². The number of aliphatic hydroxyl groups excluding tert-OH is 1. The van der Waals surface area contributed by atoms with Gasteiger partial charge in [-0.1, -0.05) is 6.92 Å². The Kier molecular flexibility index (Phi) is 5.39. The van der Waals surface area contributed by atoms with Crippen LogP contribution in [0.25, 0.3) is 0 Å². The minimum absolute atomic E-state index is 0.252. The third-order valence-electron chi connectivity index (χ3n) is 2.07. The molecule has 1 aromatic rings. The van der Waals surface area contributed by atoms with Crippen molar-refractivity contribution in [2.45, 2.75) is 30.1 Å². The molecule has 0 bridgehead atoms. The van der Waals surface area contributed by atoms with E-state index in [2.05, 4.69) is 20.7 Å². The Morgan fingerprint density at radius 2 is 2.31 bits per heavy atom. The van der Waals surface area contributed by atoms with Crippen LogP contribution < -0.4 is 4.72 Å². The lowest BCUT2D eigenvalue weighted by atomic mass is 10.2. The third kappa shape index (κ3) is 3.81. The number of halogens is 1. The van der Waals surface area contributed by atoms with Gasteiger partial charge in [-0.3, -0.25) is 0 Å². The molecule has 0 fully saturated rings. The molecule has 0 saturated carbocycles. The van der Waals surface area contributed by atoms with Crippen LogP contribution in [0.15, 0.2) is 20.1 Å². The van der Waals surface area contributed by atoms with E-state index in [4.69, 9.17) is 0 Å². The zero-order valence-electron chi connectivity index (χ0n) is 8.81. The summed E-state index contributed by atoms with van der Waals surface area (Å²) in [6, 6.07) is 1.69. The Balaban J connectivity index is 2.57. The van der Waals surface area contributed by atoms with E-state index < -0.39 is 16.1 Å². The Labute approximate surface area is 108 Å². The fourth-order valence-electron chi connectivity index (χ4n) is 1.10. The first-order chi connectivity index (χ1) is 7.47. The highest BCUT2D eigenvalue weighted by atomic mass is 79.9. The SMILES string of the molecule is CCC(O)CCNS(=O)(=O)c1sccc1Br. The summed E-state index contributed by atoms with van der Waals surface area (Å²) in [5.74, 6) is 0. The Bertz CT molecular complexity index is 430. The van der Waals surface area contributed by atoms with Crippen LogP contribution in [0.3, 0.4) is 0 Å². The number of thiophene rings is 1. The Morgan fingerprint density at radius 3 is 2.81 bits per heavy atom. The summed E-state index contributed by atoms with van der Waals surface area (Å²) >= 11 is 4.34. The van der Waals surface area contributed by atoms with E-state index in [1.165, 1.54) is 0 Å². The van der Waals surface area contributed by atoms with Crippen LogP contribution in [0.5, 0.6) is 0 Å². The molecule has 2 N–H and O–H groups in total. The average molecular weight is 328 g/mol. The molecule has 1 aromatic heterocycles. The lowest BCUT2D eigenvalue weighted by Crippen LogP contribution is -2.26. The summed E-state index contributed by atoms with van der Waals surface area (Å²) in [5, 5.41) is 11.0. The van der Waals surface area contributed by atoms with Crippen molar-refractivity contribution < 1.29 is 13.5 Å². The molecule has 1 unspecified atom stereocenters. The molecule has 16 heavy (non-hydrogen) atoms. The minimum Gasteiger partial charge on any atom is -0.393 e. The van der Waals surface area contributed by atoms with Crippen LogP contribution in [0.4, 0.5) is 0 Å². The third-order valence-corrected chi connectivity index (χ3v) is 6.20. The van der Waals surface area contributed by atoms with Gasteiger partial charge < -0.3 is 5.11 Å². The van der Waals surface area contributed by atoms with Crippen molar-refractivity contribution in [1.29, 1.82) is 0 Å². The molecule has 0 spiro atoms. The number of aliphatic hydroxyl groups is 1. The highest BCUT2D eigenvalue weighted by Gasteiger charge is 2.18. The van der Waals surface area contributed by atoms with Gasteiger partial charge in [0.25, 0.3) is 10.0 Å². The molecule has 1 rings (SSSR count). The number of nitrogens with one attached hydrogen (secondary N) is 1. The summed E-state index contributed by atoms with van der Waals surface area (Å²) in [6.45, 7) is 2.11. The number of hydrogen-bond acceptors (Lipinski definition) is 4. The normalized spacial score (nSPS) is 13.9. The maximum atomic E-state index is 11.8. The van der Waals surface area contributed by atoms with Gasteiger partial charge >= 0.3 is 0 Å². The summed E-state index contributed by atoms with van der Waals surface area (Å²) < 4.78 is 26.9. The van der Waals surface area contributed by atoms with Gasteiger partial charge in [0.15, 0.2) is 0 Å². The van der Waals surface area contributed by atoms with Crippen LogP contribution in [-0.2, 0) is 10.0 Å². The van der Waals surface area contributed by atoms with E-state index in [-0.39, 0.29) is 10.8 Å². The maximum absolute atomic E-state index is 11.8. The molecule has 92 valence electrons. The fourth-order valence-corrected chi connectivity index (χ4v) is 4.53. The molecule has 0 aliphatic rings. The minimum atomic E-state index is -3.44. The van der Waals surface area contributed by atoms with Gasteiger partial charge in [-0.15, -0.1) is 11.3 Å².